The summed E-state index contributed by atoms with van der Waals surface area (Å²) in [7, 11) is 0. The first-order valence-corrected chi connectivity index (χ1v) is 6.57. The lowest BCUT2D eigenvalue weighted by molar-refractivity contribution is 0.0849. The number of hydrogen-bond acceptors (Lipinski definition) is 1. The molecule has 0 aliphatic heterocycles. The molecule has 1 nitrogen and oxygen atoms in total. The Morgan fingerprint density at radius 3 is 2.44 bits per heavy atom. The quantitative estimate of drug-likeness (QED) is 0.822. The number of rotatable bonds is 2. The van der Waals surface area contributed by atoms with Crippen molar-refractivity contribution in [1.82, 2.24) is 0 Å². The van der Waals surface area contributed by atoms with Crippen molar-refractivity contribution in [2.75, 3.05) is 0 Å². The molecule has 0 radical (unpaired) electrons. The molecule has 0 spiro atoms. The van der Waals surface area contributed by atoms with Crippen molar-refractivity contribution in [3.05, 3.63) is 33.8 Å². The van der Waals surface area contributed by atoms with Crippen LogP contribution in [0.4, 0.5) is 0 Å². The molecule has 0 bridgehead atoms. The van der Waals surface area contributed by atoms with Gasteiger partial charge in [-0.2, -0.15) is 0 Å². The molecule has 0 aromatic heterocycles. The Morgan fingerprint density at radius 2 is 1.81 bits per heavy atom. The van der Waals surface area contributed by atoms with E-state index in [9.17, 15) is 5.11 Å². The van der Waals surface area contributed by atoms with Gasteiger partial charge in [0, 0.05) is 10.0 Å². The summed E-state index contributed by atoms with van der Waals surface area (Å²) in [4.78, 5) is 0. The maximum Gasteiger partial charge on any atom is 0.0832 e. The molecule has 1 aliphatic carbocycles. The smallest absolute Gasteiger partial charge is 0.0832 e. The molecule has 1 aromatic carbocycles. The molecule has 1 unspecified atom stereocenters. The van der Waals surface area contributed by atoms with E-state index in [1.807, 2.05) is 6.07 Å². The molecule has 0 heterocycles. The standard InChI is InChI=1S/C13H16Cl2O/c14-10-6-7-11(12(15)8-10)13(16)9-4-2-1-3-5-9/h6-9,13,16H,1-5H2. The summed E-state index contributed by atoms with van der Waals surface area (Å²) in [5, 5.41) is 11.5. The molecular weight excluding hydrogens is 243 g/mol. The summed E-state index contributed by atoms with van der Waals surface area (Å²) in [6, 6.07) is 5.32. The van der Waals surface area contributed by atoms with Gasteiger partial charge in [0.2, 0.25) is 0 Å². The van der Waals surface area contributed by atoms with Crippen LogP contribution in [0.25, 0.3) is 0 Å². The van der Waals surface area contributed by atoms with E-state index in [2.05, 4.69) is 0 Å². The van der Waals surface area contributed by atoms with E-state index in [-0.39, 0.29) is 0 Å². The van der Waals surface area contributed by atoms with E-state index in [0.29, 0.717) is 16.0 Å². The molecule has 2 rings (SSSR count). The topological polar surface area (TPSA) is 20.2 Å². The molecule has 1 aliphatic rings. The fraction of sp³-hybridized carbons (Fsp3) is 0.538. The minimum atomic E-state index is -0.440. The molecular formula is C13H16Cl2O. The van der Waals surface area contributed by atoms with Crippen molar-refractivity contribution in [2.24, 2.45) is 5.92 Å². The normalized spacial score (nSPS) is 19.7. The highest BCUT2D eigenvalue weighted by Crippen LogP contribution is 2.37. The molecule has 1 fully saturated rings. The Labute approximate surface area is 106 Å². The minimum Gasteiger partial charge on any atom is -0.388 e. The zero-order chi connectivity index (χ0) is 11.5. The van der Waals surface area contributed by atoms with Crippen LogP contribution in [0.3, 0.4) is 0 Å². The summed E-state index contributed by atoms with van der Waals surface area (Å²) in [5.74, 6) is 0.354. The number of halogens is 2. The number of benzene rings is 1. The molecule has 1 aromatic rings. The summed E-state index contributed by atoms with van der Waals surface area (Å²) in [6.07, 6.45) is 5.47. The maximum absolute atomic E-state index is 10.3. The first-order valence-electron chi connectivity index (χ1n) is 5.81. The Morgan fingerprint density at radius 1 is 1.12 bits per heavy atom. The highest BCUT2D eigenvalue weighted by Gasteiger charge is 2.24. The van der Waals surface area contributed by atoms with E-state index in [1.54, 1.807) is 12.1 Å². The molecule has 88 valence electrons. The molecule has 16 heavy (non-hydrogen) atoms. The second kappa shape index (κ2) is 5.39. The van der Waals surface area contributed by atoms with Crippen LogP contribution in [0, 0.1) is 5.92 Å². The Balaban J connectivity index is 2.15. The van der Waals surface area contributed by atoms with Crippen molar-refractivity contribution in [3.8, 4) is 0 Å². The van der Waals surface area contributed by atoms with Crippen molar-refractivity contribution >= 4 is 23.2 Å². The van der Waals surface area contributed by atoms with Gasteiger partial charge in [-0.1, -0.05) is 48.5 Å². The van der Waals surface area contributed by atoms with E-state index in [4.69, 9.17) is 23.2 Å². The molecule has 3 heteroatoms. The predicted octanol–water partition coefficient (Wildman–Crippen LogP) is 4.61. The zero-order valence-corrected chi connectivity index (χ0v) is 10.6. The van der Waals surface area contributed by atoms with Crippen LogP contribution in [-0.4, -0.2) is 5.11 Å². The van der Waals surface area contributed by atoms with Gasteiger partial charge in [0.05, 0.1) is 6.10 Å². The van der Waals surface area contributed by atoms with Gasteiger partial charge in [-0.25, -0.2) is 0 Å². The van der Waals surface area contributed by atoms with E-state index >= 15 is 0 Å². The molecule has 0 saturated heterocycles. The summed E-state index contributed by atoms with van der Waals surface area (Å²) in [5.41, 5.74) is 0.818. The van der Waals surface area contributed by atoms with Crippen LogP contribution >= 0.6 is 23.2 Å². The fourth-order valence-electron chi connectivity index (χ4n) is 2.45. The molecule has 1 atom stereocenters. The van der Waals surface area contributed by atoms with E-state index in [0.717, 1.165) is 18.4 Å². The van der Waals surface area contributed by atoms with Gasteiger partial charge < -0.3 is 5.11 Å². The summed E-state index contributed by atoms with van der Waals surface area (Å²) < 4.78 is 0. The van der Waals surface area contributed by atoms with Crippen molar-refractivity contribution in [2.45, 2.75) is 38.2 Å². The summed E-state index contributed by atoms with van der Waals surface area (Å²) in [6.45, 7) is 0. The van der Waals surface area contributed by atoms with Gasteiger partial charge in [-0.15, -0.1) is 0 Å². The minimum absolute atomic E-state index is 0.354. The second-order valence-electron chi connectivity index (χ2n) is 4.51. The lowest BCUT2D eigenvalue weighted by Crippen LogP contribution is -2.16. The van der Waals surface area contributed by atoms with Crippen LogP contribution in [0.2, 0.25) is 10.0 Å². The second-order valence-corrected chi connectivity index (χ2v) is 5.35. The van der Waals surface area contributed by atoms with Crippen LogP contribution in [-0.2, 0) is 0 Å². The van der Waals surface area contributed by atoms with Gasteiger partial charge in [-0.3, -0.25) is 0 Å². The number of aliphatic hydroxyl groups excluding tert-OH is 1. The first kappa shape index (κ1) is 12.2. The van der Waals surface area contributed by atoms with Gasteiger partial charge in [0.15, 0.2) is 0 Å². The van der Waals surface area contributed by atoms with Crippen LogP contribution in [0.1, 0.15) is 43.8 Å². The Kier molecular flexibility index (Phi) is 4.12. The monoisotopic (exact) mass is 258 g/mol. The Bertz CT molecular complexity index is 359. The predicted molar refractivity (Wildman–Crippen MR) is 68.0 cm³/mol. The highest BCUT2D eigenvalue weighted by atomic mass is 35.5. The van der Waals surface area contributed by atoms with Crippen LogP contribution in [0.15, 0.2) is 18.2 Å². The SMILES string of the molecule is OC(c1ccc(Cl)cc1Cl)C1CCCCC1. The first-order chi connectivity index (χ1) is 7.68. The van der Waals surface area contributed by atoms with Crippen molar-refractivity contribution in [3.63, 3.8) is 0 Å². The van der Waals surface area contributed by atoms with E-state index < -0.39 is 6.10 Å². The third-order valence-corrected chi connectivity index (χ3v) is 3.94. The van der Waals surface area contributed by atoms with Gasteiger partial charge in [0.25, 0.3) is 0 Å². The van der Waals surface area contributed by atoms with Gasteiger partial charge >= 0.3 is 0 Å². The highest BCUT2D eigenvalue weighted by molar-refractivity contribution is 6.35. The third-order valence-electron chi connectivity index (χ3n) is 3.38. The van der Waals surface area contributed by atoms with Crippen molar-refractivity contribution < 1.29 is 5.11 Å². The third kappa shape index (κ3) is 2.71. The van der Waals surface area contributed by atoms with Crippen LogP contribution < -0.4 is 0 Å². The molecule has 1 saturated carbocycles. The van der Waals surface area contributed by atoms with E-state index in [1.165, 1.54) is 19.3 Å². The van der Waals surface area contributed by atoms with Gasteiger partial charge in [-0.05, 0) is 36.5 Å². The largest absolute Gasteiger partial charge is 0.388 e. The maximum atomic E-state index is 10.3. The lowest BCUT2D eigenvalue weighted by Gasteiger charge is -2.27. The molecule has 1 N–H and O–H groups in total. The van der Waals surface area contributed by atoms with Crippen LogP contribution in [0.5, 0.6) is 0 Å². The zero-order valence-electron chi connectivity index (χ0n) is 9.13. The average molecular weight is 259 g/mol. The average Bonchev–Trinajstić information content (AvgIpc) is 2.29. The molecule has 0 amide bonds. The Hall–Kier alpha value is -0.240. The van der Waals surface area contributed by atoms with Crippen molar-refractivity contribution in [1.29, 1.82) is 0 Å². The fourth-order valence-corrected chi connectivity index (χ4v) is 2.97. The van der Waals surface area contributed by atoms with Gasteiger partial charge in [0.1, 0.15) is 0 Å². The number of hydrogen-bond donors (Lipinski definition) is 1. The lowest BCUT2D eigenvalue weighted by atomic mass is 9.83. The summed E-state index contributed by atoms with van der Waals surface area (Å²) >= 11 is 11.9. The number of aliphatic hydroxyl groups is 1.